The summed E-state index contributed by atoms with van der Waals surface area (Å²) in [7, 11) is -4.51. The first-order chi connectivity index (χ1) is 19.1. The van der Waals surface area contributed by atoms with Gasteiger partial charge in [0.2, 0.25) is 17.1 Å². The van der Waals surface area contributed by atoms with E-state index in [-0.39, 0.29) is 28.8 Å². The molecule has 0 bridgehead atoms. The highest BCUT2D eigenvalue weighted by atomic mass is 32.2. The highest BCUT2D eigenvalue weighted by molar-refractivity contribution is 8.00. The molecular weight excluding hydrogens is 606 g/mol. The molecule has 0 unspecified atom stereocenters. The molecule has 0 spiro atoms. The fraction of sp³-hybridized carbons (Fsp3) is 0.333. The molecule has 0 aromatic carbocycles. The molecule has 4 heterocycles. The predicted octanol–water partition coefficient (Wildman–Crippen LogP) is -2.66. The molecule has 20 heteroatoms. The summed E-state index contributed by atoms with van der Waals surface area (Å²) in [4.78, 5) is 59.0. The van der Waals surface area contributed by atoms with Gasteiger partial charge in [0.25, 0.3) is 21.9 Å². The van der Waals surface area contributed by atoms with Crippen molar-refractivity contribution in [1.29, 1.82) is 0 Å². The van der Waals surface area contributed by atoms with Gasteiger partial charge < -0.3 is 30.9 Å². The third-order valence-corrected chi connectivity index (χ3v) is 8.50. The zero-order chi connectivity index (χ0) is 30.3. The molecule has 2 atom stereocenters. The van der Waals surface area contributed by atoms with E-state index in [2.05, 4.69) is 19.8 Å². The Morgan fingerprint density at radius 2 is 2.10 bits per heavy atom. The normalized spacial score (nSPS) is 19.3. The summed E-state index contributed by atoms with van der Waals surface area (Å²) in [5.74, 6) is -5.06. The maximum Gasteiger partial charge on any atom is 0.350 e. The van der Waals surface area contributed by atoms with Crippen molar-refractivity contribution >= 4 is 68.0 Å². The Kier molecular flexibility index (Phi) is 8.02. The van der Waals surface area contributed by atoms with E-state index in [4.69, 9.17) is 10.6 Å². The lowest BCUT2D eigenvalue weighted by Crippen LogP contribution is -2.71. The van der Waals surface area contributed by atoms with Gasteiger partial charge in [-0.3, -0.25) is 19.0 Å². The summed E-state index contributed by atoms with van der Waals surface area (Å²) >= 11 is 1.85. The number of aliphatic carboxylic acids is 2. The fourth-order valence-electron chi connectivity index (χ4n) is 3.69. The van der Waals surface area contributed by atoms with E-state index in [0.29, 0.717) is 0 Å². The molecule has 0 aliphatic carbocycles. The van der Waals surface area contributed by atoms with E-state index in [1.807, 2.05) is 0 Å². The number of nitrogens with two attached hydrogens (primary N) is 1. The number of anilines is 1. The van der Waals surface area contributed by atoms with Crippen LogP contribution in [-0.4, -0.2) is 84.6 Å². The molecule has 5 N–H and O–H groups in total. The maximum atomic E-state index is 13.1. The highest BCUT2D eigenvalue weighted by Crippen LogP contribution is 2.40. The molecule has 218 valence electrons. The number of amides is 2. The van der Waals surface area contributed by atoms with Gasteiger partial charge in [-0.2, -0.15) is 22.3 Å². The van der Waals surface area contributed by atoms with Gasteiger partial charge in [0.05, 0.1) is 11.7 Å². The van der Waals surface area contributed by atoms with Crippen LogP contribution < -0.4 is 20.7 Å². The summed E-state index contributed by atoms with van der Waals surface area (Å²) in [6, 6.07) is 1.28. The van der Waals surface area contributed by atoms with Crippen LogP contribution in [0.3, 0.4) is 0 Å². The number of β-lactam (4-membered cyclic amide) rings is 1. The van der Waals surface area contributed by atoms with Crippen LogP contribution in [0.25, 0.3) is 0 Å². The number of carbonyl (C=O) groups excluding carboxylic acids is 3. The number of pyridine rings is 1. The quantitative estimate of drug-likeness (QED) is 0.0689. The number of hydrogen-bond acceptors (Lipinski definition) is 14. The Hall–Kier alpha value is -4.14. The zero-order valence-electron chi connectivity index (χ0n) is 21.1. The summed E-state index contributed by atoms with van der Waals surface area (Å²) in [6.45, 7) is 2.23. The van der Waals surface area contributed by atoms with Gasteiger partial charge in [0.1, 0.15) is 11.4 Å². The number of thioether (sulfide) groups is 1. The van der Waals surface area contributed by atoms with E-state index < -0.39 is 67.2 Å². The number of nitrogens with one attached hydrogen (secondary N) is 1. The van der Waals surface area contributed by atoms with Gasteiger partial charge in [-0.15, -0.1) is 11.8 Å². The fourth-order valence-corrected chi connectivity index (χ4v) is 5.98. The Morgan fingerprint density at radius 3 is 2.68 bits per heavy atom. The number of nitrogen functional groups attached to an aromatic ring is 1. The Bertz CT molecular complexity index is 1620. The van der Waals surface area contributed by atoms with Crippen LogP contribution in [0.5, 0.6) is 0 Å². The molecule has 2 aromatic heterocycles. The first-order valence-corrected chi connectivity index (χ1v) is 14.6. The van der Waals surface area contributed by atoms with E-state index >= 15 is 0 Å². The smallest absolute Gasteiger partial charge is 0.350 e. The van der Waals surface area contributed by atoms with Crippen molar-refractivity contribution in [2.24, 2.45) is 5.16 Å². The minimum Gasteiger partial charge on any atom is -0.543 e. The van der Waals surface area contributed by atoms with Crippen molar-refractivity contribution < 1.29 is 51.8 Å². The van der Waals surface area contributed by atoms with Gasteiger partial charge in [-0.1, -0.05) is 5.16 Å². The van der Waals surface area contributed by atoms with Gasteiger partial charge in [0, 0.05) is 28.9 Å². The van der Waals surface area contributed by atoms with Crippen molar-refractivity contribution in [2.75, 3.05) is 11.5 Å². The number of carboxylic acids is 2. The molecule has 17 nitrogen and oxygen atoms in total. The molecule has 2 aliphatic heterocycles. The minimum absolute atomic E-state index is 0.0250. The van der Waals surface area contributed by atoms with Gasteiger partial charge >= 0.3 is 5.97 Å². The number of rotatable bonds is 10. The predicted molar refractivity (Wildman–Crippen MR) is 137 cm³/mol. The third-order valence-electron chi connectivity index (χ3n) is 5.78. The number of carbonyl (C=O) groups is 4. The van der Waals surface area contributed by atoms with Crippen molar-refractivity contribution in [3.05, 3.63) is 41.6 Å². The first kappa shape index (κ1) is 29.8. The van der Waals surface area contributed by atoms with E-state index in [0.717, 1.165) is 40.5 Å². The summed E-state index contributed by atoms with van der Waals surface area (Å²) in [6.07, 6.45) is 2.54. The van der Waals surface area contributed by atoms with E-state index in [1.165, 1.54) is 30.7 Å². The van der Waals surface area contributed by atoms with Crippen LogP contribution in [0.15, 0.2) is 45.8 Å². The second-order valence-electron chi connectivity index (χ2n) is 9.09. The molecule has 41 heavy (non-hydrogen) atoms. The Labute approximate surface area is 239 Å². The molecular formula is C21H21N7O10S3. The topological polar surface area (TPSA) is 258 Å². The van der Waals surface area contributed by atoms with Crippen LogP contribution in [0, 0.1) is 0 Å². The Morgan fingerprint density at radius 1 is 1.39 bits per heavy atom. The van der Waals surface area contributed by atoms with Crippen molar-refractivity contribution in [3.8, 4) is 0 Å². The molecule has 4 rings (SSSR count). The summed E-state index contributed by atoms with van der Waals surface area (Å²) < 4.78 is 37.4. The third kappa shape index (κ3) is 6.14. The number of fused-ring (bicyclic) bond motifs is 1. The molecule has 2 amide bonds. The molecule has 0 radical (unpaired) electrons. The highest BCUT2D eigenvalue weighted by Gasteiger charge is 2.53. The second kappa shape index (κ2) is 11.0. The number of hydrogen-bond donors (Lipinski definition) is 4. The van der Waals surface area contributed by atoms with Gasteiger partial charge in [-0.05, 0) is 19.9 Å². The maximum absolute atomic E-state index is 13.1. The number of nitrogens with zero attached hydrogens (tertiary/aromatic N) is 5. The van der Waals surface area contributed by atoms with Crippen LogP contribution in [0.2, 0.25) is 0 Å². The lowest BCUT2D eigenvalue weighted by Gasteiger charge is -2.50. The van der Waals surface area contributed by atoms with Crippen molar-refractivity contribution in [3.63, 3.8) is 0 Å². The average Bonchev–Trinajstić information content (AvgIpc) is 3.32. The van der Waals surface area contributed by atoms with Crippen LogP contribution in [-0.2, 0) is 40.7 Å². The van der Waals surface area contributed by atoms with Gasteiger partial charge in [0.15, 0.2) is 29.0 Å². The largest absolute Gasteiger partial charge is 0.543 e. The summed E-state index contributed by atoms with van der Waals surface area (Å²) in [5, 5.41) is 26.5. The lowest BCUT2D eigenvalue weighted by molar-refractivity contribution is -0.690. The SMILES string of the molecule is CC(C)(O/N=C(\C(=O)N[C@@H]1C(=O)N2C(C(=O)[O-])=C(C[n+]3cccc(S(=O)(=O)O)c3)CS[C@H]12)c1nsc(N)n1)C(=O)O. The van der Waals surface area contributed by atoms with Gasteiger partial charge in [-0.25, -0.2) is 4.79 Å². The average molecular weight is 628 g/mol. The second-order valence-corrected chi connectivity index (χ2v) is 12.4. The Balaban J connectivity index is 1.57. The standard InChI is InChI=1S/C21H21N7O10S3/c1-21(2,19(33)34)38-25-11(14-24-20(22)40-26-14)15(29)23-12-16(30)28-13(18(31)32)9(8-39-17(12)28)6-27-5-3-4-10(7-27)41(35,36)37/h3-5,7,12,17H,6,8H2,1-2H3,(H5-,22,23,24,26,29,31,32,33,34,35,36,37)/b25-11-/t12-,17-/m1/s1. The minimum atomic E-state index is -4.51. The van der Waals surface area contributed by atoms with Crippen molar-refractivity contribution in [2.45, 2.75) is 42.3 Å². The first-order valence-electron chi connectivity index (χ1n) is 11.3. The number of carboxylic acid groups (broad SMARTS) is 2. The monoisotopic (exact) mass is 627 g/mol. The molecule has 2 aromatic rings. The molecule has 0 saturated carbocycles. The summed E-state index contributed by atoms with van der Waals surface area (Å²) in [5.41, 5.74) is 2.96. The lowest BCUT2D eigenvalue weighted by atomic mass is 10.0. The van der Waals surface area contributed by atoms with Crippen LogP contribution in [0.1, 0.15) is 19.7 Å². The molecule has 1 saturated heterocycles. The number of oxime groups is 1. The number of aromatic nitrogens is 3. The van der Waals surface area contributed by atoms with Crippen molar-refractivity contribution in [1.82, 2.24) is 19.6 Å². The molecule has 2 aliphatic rings. The van der Waals surface area contributed by atoms with E-state index in [9.17, 15) is 42.4 Å². The van der Waals surface area contributed by atoms with Crippen LogP contribution in [0.4, 0.5) is 5.13 Å². The molecule has 1 fully saturated rings. The van der Waals surface area contributed by atoms with Crippen LogP contribution >= 0.6 is 23.3 Å². The zero-order valence-corrected chi connectivity index (χ0v) is 23.5. The van der Waals surface area contributed by atoms with E-state index in [1.54, 1.807) is 0 Å².